The van der Waals surface area contributed by atoms with E-state index in [0.717, 1.165) is 17.2 Å². The monoisotopic (exact) mass is 264 g/mol. The summed E-state index contributed by atoms with van der Waals surface area (Å²) in [6.07, 6.45) is 4.89. The van der Waals surface area contributed by atoms with Crippen LogP contribution in [0.2, 0.25) is 0 Å². The number of methoxy groups -OCH3 is 2. The van der Waals surface area contributed by atoms with E-state index in [1.54, 1.807) is 14.2 Å². The summed E-state index contributed by atoms with van der Waals surface area (Å²) in [7, 11) is 5.37. The number of anilines is 1. The molecule has 0 aliphatic heterocycles. The van der Waals surface area contributed by atoms with Crippen LogP contribution in [0.4, 0.5) is 5.69 Å². The van der Waals surface area contributed by atoms with Gasteiger partial charge in [-0.15, -0.1) is 0 Å². The smallest absolute Gasteiger partial charge is 0.162 e. The van der Waals surface area contributed by atoms with Gasteiger partial charge in [0, 0.05) is 23.8 Å². The maximum atomic E-state index is 5.33. The van der Waals surface area contributed by atoms with Crippen molar-refractivity contribution in [3.05, 3.63) is 18.2 Å². The van der Waals surface area contributed by atoms with E-state index in [-0.39, 0.29) is 0 Å². The van der Waals surface area contributed by atoms with Crippen molar-refractivity contribution in [2.45, 2.75) is 37.8 Å². The van der Waals surface area contributed by atoms with E-state index >= 15 is 0 Å². The normalized spacial score (nSPS) is 22.9. The van der Waals surface area contributed by atoms with Crippen LogP contribution in [0.25, 0.3) is 0 Å². The van der Waals surface area contributed by atoms with Crippen LogP contribution < -0.4 is 20.1 Å². The zero-order valence-corrected chi connectivity index (χ0v) is 12.0. The first-order chi connectivity index (χ1) is 9.26. The minimum absolute atomic E-state index is 0.558. The van der Waals surface area contributed by atoms with Gasteiger partial charge in [0.15, 0.2) is 11.5 Å². The summed E-state index contributed by atoms with van der Waals surface area (Å²) in [6.45, 7) is 0. The summed E-state index contributed by atoms with van der Waals surface area (Å²) in [5.41, 5.74) is 1.10. The largest absolute Gasteiger partial charge is 0.493 e. The molecule has 2 N–H and O–H groups in total. The molecule has 2 rings (SSSR count). The fourth-order valence-corrected chi connectivity index (χ4v) is 2.69. The van der Waals surface area contributed by atoms with Crippen molar-refractivity contribution in [3.63, 3.8) is 0 Å². The number of benzene rings is 1. The molecule has 0 aromatic heterocycles. The first-order valence-corrected chi connectivity index (χ1v) is 6.92. The molecule has 1 fully saturated rings. The summed E-state index contributed by atoms with van der Waals surface area (Å²) in [5.74, 6) is 1.54. The van der Waals surface area contributed by atoms with Gasteiger partial charge in [-0.25, -0.2) is 0 Å². The molecule has 1 aromatic carbocycles. The molecule has 19 heavy (non-hydrogen) atoms. The molecule has 0 radical (unpaired) electrons. The molecule has 0 amide bonds. The quantitative estimate of drug-likeness (QED) is 0.858. The second-order valence-corrected chi connectivity index (χ2v) is 5.05. The zero-order valence-electron chi connectivity index (χ0n) is 12.0. The second-order valence-electron chi connectivity index (χ2n) is 5.05. The summed E-state index contributed by atoms with van der Waals surface area (Å²) in [6, 6.07) is 7.24. The number of hydrogen-bond donors (Lipinski definition) is 2. The minimum atomic E-state index is 0.558. The zero-order chi connectivity index (χ0) is 13.7. The molecule has 0 atom stereocenters. The van der Waals surface area contributed by atoms with Crippen LogP contribution in [0.5, 0.6) is 11.5 Å². The molecule has 4 heteroatoms. The first-order valence-electron chi connectivity index (χ1n) is 6.92. The third kappa shape index (κ3) is 3.53. The Morgan fingerprint density at radius 1 is 0.947 bits per heavy atom. The van der Waals surface area contributed by atoms with Gasteiger partial charge in [-0.05, 0) is 44.9 Å². The molecule has 0 spiro atoms. The number of ether oxygens (including phenoxy) is 2. The molecule has 0 saturated heterocycles. The van der Waals surface area contributed by atoms with Crippen molar-refractivity contribution in [3.8, 4) is 11.5 Å². The molecule has 4 nitrogen and oxygen atoms in total. The Hall–Kier alpha value is -1.42. The Morgan fingerprint density at radius 2 is 1.58 bits per heavy atom. The van der Waals surface area contributed by atoms with E-state index in [4.69, 9.17) is 9.47 Å². The van der Waals surface area contributed by atoms with Crippen LogP contribution in [0.3, 0.4) is 0 Å². The van der Waals surface area contributed by atoms with Crippen molar-refractivity contribution in [1.82, 2.24) is 5.32 Å². The predicted octanol–water partition coefficient (Wildman–Crippen LogP) is 2.65. The maximum absolute atomic E-state index is 5.33. The molecule has 1 aliphatic carbocycles. The van der Waals surface area contributed by atoms with E-state index in [1.165, 1.54) is 25.7 Å². The third-order valence-corrected chi connectivity index (χ3v) is 3.89. The van der Waals surface area contributed by atoms with Crippen molar-refractivity contribution in [2.24, 2.45) is 0 Å². The summed E-state index contributed by atoms with van der Waals surface area (Å²) in [4.78, 5) is 0. The van der Waals surface area contributed by atoms with Crippen LogP contribution in [0.1, 0.15) is 25.7 Å². The van der Waals surface area contributed by atoms with Crippen LogP contribution in [0, 0.1) is 0 Å². The fourth-order valence-electron chi connectivity index (χ4n) is 2.69. The lowest BCUT2D eigenvalue weighted by Crippen LogP contribution is -2.34. The van der Waals surface area contributed by atoms with Gasteiger partial charge in [0.1, 0.15) is 0 Å². The average Bonchev–Trinajstić information content (AvgIpc) is 2.48. The lowest BCUT2D eigenvalue weighted by molar-refractivity contribution is 0.354. The van der Waals surface area contributed by atoms with Gasteiger partial charge >= 0.3 is 0 Å². The molecule has 0 unspecified atom stereocenters. The number of nitrogens with one attached hydrogen (secondary N) is 2. The Balaban J connectivity index is 1.96. The highest BCUT2D eigenvalue weighted by atomic mass is 16.5. The molecule has 0 heterocycles. The summed E-state index contributed by atoms with van der Waals surface area (Å²) in [5, 5.41) is 6.95. The first kappa shape index (κ1) is 14.0. The lowest BCUT2D eigenvalue weighted by Gasteiger charge is -2.29. The van der Waals surface area contributed by atoms with Gasteiger partial charge in [-0.1, -0.05) is 0 Å². The van der Waals surface area contributed by atoms with Crippen LogP contribution in [0.15, 0.2) is 18.2 Å². The van der Waals surface area contributed by atoms with Gasteiger partial charge in [-0.3, -0.25) is 0 Å². The molecule has 1 aliphatic rings. The second kappa shape index (κ2) is 6.66. The van der Waals surface area contributed by atoms with E-state index < -0.39 is 0 Å². The Bertz CT molecular complexity index is 401. The highest BCUT2D eigenvalue weighted by Crippen LogP contribution is 2.31. The summed E-state index contributed by atoms with van der Waals surface area (Å²) < 4.78 is 10.6. The predicted molar refractivity (Wildman–Crippen MR) is 78.3 cm³/mol. The minimum Gasteiger partial charge on any atom is -0.493 e. The van der Waals surface area contributed by atoms with Crippen LogP contribution in [-0.4, -0.2) is 33.4 Å². The van der Waals surface area contributed by atoms with Gasteiger partial charge in [0.05, 0.1) is 14.2 Å². The van der Waals surface area contributed by atoms with Crippen molar-refractivity contribution >= 4 is 5.69 Å². The molecule has 106 valence electrons. The van der Waals surface area contributed by atoms with Crippen molar-refractivity contribution < 1.29 is 9.47 Å². The molecular weight excluding hydrogens is 240 g/mol. The van der Waals surface area contributed by atoms with Crippen LogP contribution >= 0.6 is 0 Å². The van der Waals surface area contributed by atoms with E-state index in [9.17, 15) is 0 Å². The van der Waals surface area contributed by atoms with Gasteiger partial charge < -0.3 is 20.1 Å². The van der Waals surface area contributed by atoms with Gasteiger partial charge in [0.25, 0.3) is 0 Å². The van der Waals surface area contributed by atoms with Crippen molar-refractivity contribution in [2.75, 3.05) is 26.6 Å². The molecular formula is C15H24N2O2. The van der Waals surface area contributed by atoms with Gasteiger partial charge in [-0.2, -0.15) is 0 Å². The third-order valence-electron chi connectivity index (χ3n) is 3.89. The standard InChI is InChI=1S/C15H24N2O2/c1-16-11-4-6-12(7-5-11)17-13-8-9-14(18-2)15(10-13)19-3/h8-12,16-17H,4-7H2,1-3H3. The van der Waals surface area contributed by atoms with Crippen LogP contribution in [-0.2, 0) is 0 Å². The average molecular weight is 264 g/mol. The lowest BCUT2D eigenvalue weighted by atomic mass is 9.91. The number of hydrogen-bond acceptors (Lipinski definition) is 4. The Morgan fingerprint density at radius 3 is 2.16 bits per heavy atom. The van der Waals surface area contributed by atoms with E-state index in [0.29, 0.717) is 12.1 Å². The Labute approximate surface area is 115 Å². The van der Waals surface area contributed by atoms with E-state index in [1.807, 2.05) is 25.2 Å². The number of rotatable bonds is 5. The Kier molecular flexibility index (Phi) is 4.91. The molecule has 1 aromatic rings. The molecule has 1 saturated carbocycles. The topological polar surface area (TPSA) is 42.5 Å². The molecule has 0 bridgehead atoms. The maximum Gasteiger partial charge on any atom is 0.162 e. The summed E-state index contributed by atoms with van der Waals surface area (Å²) >= 11 is 0. The fraction of sp³-hybridized carbons (Fsp3) is 0.600. The van der Waals surface area contributed by atoms with Crippen molar-refractivity contribution in [1.29, 1.82) is 0 Å². The van der Waals surface area contributed by atoms with E-state index in [2.05, 4.69) is 10.6 Å². The highest BCUT2D eigenvalue weighted by molar-refractivity contribution is 5.55. The van der Waals surface area contributed by atoms with Gasteiger partial charge in [0.2, 0.25) is 0 Å². The highest BCUT2D eigenvalue weighted by Gasteiger charge is 2.19. The SMILES string of the molecule is CNC1CCC(Nc2ccc(OC)c(OC)c2)CC1.